The minimum atomic E-state index is -0.0848. The van der Waals surface area contributed by atoms with E-state index in [1.807, 2.05) is 6.21 Å². The average molecular weight is 263 g/mol. The Hall–Kier alpha value is -0.630. The molecule has 2 heterocycles. The maximum atomic E-state index is 6.53. The van der Waals surface area contributed by atoms with Crippen molar-refractivity contribution in [2.45, 2.75) is 60.1 Å². The Morgan fingerprint density at radius 1 is 1.21 bits per heavy atom. The van der Waals surface area contributed by atoms with E-state index >= 15 is 0 Å². The van der Waals surface area contributed by atoms with Crippen LogP contribution in [0.1, 0.15) is 48.5 Å². The molecule has 2 atom stereocenters. The zero-order valence-corrected chi connectivity index (χ0v) is 13.5. The number of rotatable bonds is 2. The molecule has 2 nitrogen and oxygen atoms in total. The molecule has 0 aliphatic carbocycles. The van der Waals surface area contributed by atoms with Gasteiger partial charge in [-0.25, -0.2) is 0 Å². The Morgan fingerprint density at radius 3 is 2.32 bits per heavy atom. The average Bonchev–Trinajstić information content (AvgIpc) is 2.29. The van der Waals surface area contributed by atoms with E-state index < -0.39 is 0 Å². The lowest BCUT2D eigenvalue weighted by Gasteiger charge is -2.58. The third-order valence-electron chi connectivity index (χ3n) is 5.18. The van der Waals surface area contributed by atoms with Gasteiger partial charge >= 0.3 is 0 Å². The van der Waals surface area contributed by atoms with Gasteiger partial charge in [0.05, 0.1) is 18.2 Å². The van der Waals surface area contributed by atoms with Crippen molar-refractivity contribution in [2.75, 3.05) is 6.61 Å². The molecule has 2 aliphatic rings. The topological polar surface area (TPSA) is 21.6 Å². The van der Waals surface area contributed by atoms with Crippen LogP contribution < -0.4 is 0 Å². The fourth-order valence-electron chi connectivity index (χ4n) is 4.15. The minimum absolute atomic E-state index is 0.0848. The van der Waals surface area contributed by atoms with E-state index in [0.717, 1.165) is 6.61 Å². The smallest absolute Gasteiger partial charge is 0.0813 e. The Bertz CT molecular complexity index is 395. The lowest BCUT2D eigenvalue weighted by atomic mass is 9.59. The maximum Gasteiger partial charge on any atom is 0.0813 e. The summed E-state index contributed by atoms with van der Waals surface area (Å²) in [5.74, 6) is 1.39. The van der Waals surface area contributed by atoms with Gasteiger partial charge in [-0.2, -0.15) is 0 Å². The molecule has 0 N–H and O–H groups in total. The molecule has 19 heavy (non-hydrogen) atoms. The lowest BCUT2D eigenvalue weighted by Crippen LogP contribution is -2.63. The van der Waals surface area contributed by atoms with Gasteiger partial charge < -0.3 is 4.74 Å². The molecule has 0 saturated carbocycles. The molecule has 0 amide bonds. The third kappa shape index (κ3) is 2.08. The zero-order valence-electron chi connectivity index (χ0n) is 13.5. The van der Waals surface area contributed by atoms with Crippen molar-refractivity contribution in [1.82, 2.24) is 0 Å². The van der Waals surface area contributed by atoms with Crippen LogP contribution in [0.2, 0.25) is 0 Å². The molecule has 0 aromatic heterocycles. The van der Waals surface area contributed by atoms with Crippen LogP contribution >= 0.6 is 0 Å². The molecule has 108 valence electrons. The molecule has 2 rings (SSSR count). The third-order valence-corrected chi connectivity index (χ3v) is 5.18. The largest absolute Gasteiger partial charge is 0.373 e. The van der Waals surface area contributed by atoms with Gasteiger partial charge in [0.1, 0.15) is 0 Å². The van der Waals surface area contributed by atoms with Crippen LogP contribution in [0.5, 0.6) is 0 Å². The van der Waals surface area contributed by atoms with Gasteiger partial charge in [-0.15, -0.1) is 0 Å². The van der Waals surface area contributed by atoms with E-state index in [1.165, 1.54) is 5.57 Å². The summed E-state index contributed by atoms with van der Waals surface area (Å²) in [7, 11) is 0. The molecule has 0 aromatic rings. The van der Waals surface area contributed by atoms with Crippen molar-refractivity contribution in [2.24, 2.45) is 28.2 Å². The Balaban J connectivity index is 2.53. The molecule has 0 bridgehead atoms. The Labute approximate surface area is 118 Å². The van der Waals surface area contributed by atoms with Crippen LogP contribution in [0.4, 0.5) is 0 Å². The van der Waals surface area contributed by atoms with Crippen LogP contribution in [0.15, 0.2) is 16.6 Å². The predicted molar refractivity (Wildman–Crippen MR) is 81.7 cm³/mol. The molecular weight excluding hydrogens is 234 g/mol. The number of hydrogen-bond acceptors (Lipinski definition) is 2. The zero-order chi connectivity index (χ0) is 14.4. The van der Waals surface area contributed by atoms with Crippen molar-refractivity contribution in [3.63, 3.8) is 0 Å². The van der Waals surface area contributed by atoms with Gasteiger partial charge in [-0.1, -0.05) is 47.1 Å². The van der Waals surface area contributed by atoms with E-state index in [1.54, 1.807) is 0 Å². The van der Waals surface area contributed by atoms with Gasteiger partial charge in [-0.3, -0.25) is 4.99 Å². The maximum absolute atomic E-state index is 6.53. The first-order chi connectivity index (χ1) is 8.73. The SMILES string of the molecule is CC1=CC=NC2C1C(C(C)C)(C(C)C)OCC2(C)C. The number of hydrogen-bond donors (Lipinski definition) is 0. The van der Waals surface area contributed by atoms with Crippen molar-refractivity contribution in [1.29, 1.82) is 0 Å². The fourth-order valence-corrected chi connectivity index (χ4v) is 4.15. The van der Waals surface area contributed by atoms with Crippen LogP contribution in [0.3, 0.4) is 0 Å². The quantitative estimate of drug-likeness (QED) is 0.734. The summed E-state index contributed by atoms with van der Waals surface area (Å²) in [6.07, 6.45) is 4.17. The molecule has 1 fully saturated rings. The summed E-state index contributed by atoms with van der Waals surface area (Å²) in [6.45, 7) is 16.8. The molecule has 2 aliphatic heterocycles. The normalized spacial score (nSPS) is 32.4. The summed E-state index contributed by atoms with van der Waals surface area (Å²) >= 11 is 0. The first kappa shape index (κ1) is 14.8. The van der Waals surface area contributed by atoms with E-state index in [0.29, 0.717) is 23.8 Å². The van der Waals surface area contributed by atoms with Gasteiger partial charge in [0, 0.05) is 17.5 Å². The van der Waals surface area contributed by atoms with Crippen molar-refractivity contribution in [3.05, 3.63) is 11.6 Å². The first-order valence-corrected chi connectivity index (χ1v) is 7.57. The highest BCUT2D eigenvalue weighted by atomic mass is 16.5. The van der Waals surface area contributed by atoms with Crippen molar-refractivity contribution < 1.29 is 4.74 Å². The molecule has 1 saturated heterocycles. The Morgan fingerprint density at radius 2 is 1.79 bits per heavy atom. The molecule has 0 spiro atoms. The number of dihydropyridines is 1. The molecule has 2 unspecified atom stereocenters. The highest BCUT2D eigenvalue weighted by Gasteiger charge is 2.57. The van der Waals surface area contributed by atoms with Gasteiger partial charge in [0.2, 0.25) is 0 Å². The van der Waals surface area contributed by atoms with Gasteiger partial charge in [0.15, 0.2) is 0 Å². The monoisotopic (exact) mass is 263 g/mol. The van der Waals surface area contributed by atoms with Crippen LogP contribution in [0, 0.1) is 23.2 Å². The molecular formula is C17H29NO. The second-order valence-electron chi connectivity index (χ2n) is 7.57. The summed E-state index contributed by atoms with van der Waals surface area (Å²) in [5, 5.41) is 0. The molecule has 2 heteroatoms. The van der Waals surface area contributed by atoms with Crippen LogP contribution in [-0.4, -0.2) is 24.5 Å². The minimum Gasteiger partial charge on any atom is -0.373 e. The van der Waals surface area contributed by atoms with E-state index in [4.69, 9.17) is 9.73 Å². The van der Waals surface area contributed by atoms with Crippen LogP contribution in [0.25, 0.3) is 0 Å². The van der Waals surface area contributed by atoms with Crippen LogP contribution in [-0.2, 0) is 4.74 Å². The molecule has 0 radical (unpaired) electrons. The predicted octanol–water partition coefficient (Wildman–Crippen LogP) is 4.11. The van der Waals surface area contributed by atoms with Gasteiger partial charge in [0.25, 0.3) is 0 Å². The number of ether oxygens (including phenoxy) is 1. The van der Waals surface area contributed by atoms with E-state index in [9.17, 15) is 0 Å². The second-order valence-corrected chi connectivity index (χ2v) is 7.57. The summed E-state index contributed by atoms with van der Waals surface area (Å²) < 4.78 is 6.53. The number of fused-ring (bicyclic) bond motifs is 1. The second kappa shape index (κ2) is 4.73. The molecule has 0 aromatic carbocycles. The summed E-state index contributed by atoms with van der Waals surface area (Å²) in [5.41, 5.74) is 1.46. The summed E-state index contributed by atoms with van der Waals surface area (Å²) in [6, 6.07) is 0.344. The number of aliphatic imine (C=N–C) groups is 1. The van der Waals surface area contributed by atoms with Gasteiger partial charge in [-0.05, 0) is 24.8 Å². The fraction of sp³-hybridized carbons (Fsp3) is 0.824. The lowest BCUT2D eigenvalue weighted by molar-refractivity contribution is -0.206. The van der Waals surface area contributed by atoms with Crippen molar-refractivity contribution >= 4 is 6.21 Å². The number of nitrogens with zero attached hydrogens (tertiary/aromatic N) is 1. The highest BCUT2D eigenvalue weighted by Crippen LogP contribution is 2.52. The Kier molecular flexibility index (Phi) is 3.68. The standard InChI is InChI=1S/C17H29NO/c1-11(2)17(12(3)4)14-13(5)8-9-18-15(14)16(6,7)10-19-17/h8-9,11-12,14-15H,10H2,1-7H3. The highest BCUT2D eigenvalue weighted by molar-refractivity contribution is 5.74. The van der Waals surface area contributed by atoms with E-state index in [2.05, 4.69) is 54.5 Å². The van der Waals surface area contributed by atoms with Crippen molar-refractivity contribution in [3.8, 4) is 0 Å². The first-order valence-electron chi connectivity index (χ1n) is 7.57. The van der Waals surface area contributed by atoms with E-state index in [-0.39, 0.29) is 11.0 Å². The summed E-state index contributed by atoms with van der Waals surface area (Å²) in [4.78, 5) is 4.83. The number of allylic oxidation sites excluding steroid dienone is 1.